The molecule has 0 atom stereocenters. The van der Waals surface area contributed by atoms with Crippen molar-refractivity contribution in [1.82, 2.24) is 10.2 Å². The molecule has 1 N–H and O–H groups in total. The summed E-state index contributed by atoms with van der Waals surface area (Å²) in [7, 11) is 4.20. The SMILES string of the molecule is CN(C)CCNCCc1ccsc1. The molecule has 0 radical (unpaired) electrons. The second-order valence-electron chi connectivity index (χ2n) is 3.43. The number of nitrogens with one attached hydrogen (secondary N) is 1. The fourth-order valence-electron chi connectivity index (χ4n) is 1.10. The summed E-state index contributed by atoms with van der Waals surface area (Å²) in [5, 5.41) is 7.77. The molecule has 1 heterocycles. The molecule has 0 saturated carbocycles. The van der Waals surface area contributed by atoms with Crippen LogP contribution in [0.4, 0.5) is 0 Å². The molecule has 0 bridgehead atoms. The van der Waals surface area contributed by atoms with Crippen LogP contribution in [0.25, 0.3) is 0 Å². The molecule has 0 aliphatic rings. The molecule has 2 nitrogen and oxygen atoms in total. The lowest BCUT2D eigenvalue weighted by Crippen LogP contribution is -2.27. The fourth-order valence-corrected chi connectivity index (χ4v) is 1.80. The van der Waals surface area contributed by atoms with Crippen molar-refractivity contribution in [1.29, 1.82) is 0 Å². The monoisotopic (exact) mass is 198 g/mol. The Morgan fingerprint density at radius 3 is 2.85 bits per heavy atom. The minimum Gasteiger partial charge on any atom is -0.315 e. The average Bonchev–Trinajstić information content (AvgIpc) is 2.55. The lowest BCUT2D eigenvalue weighted by atomic mass is 10.2. The van der Waals surface area contributed by atoms with E-state index in [0.29, 0.717) is 0 Å². The van der Waals surface area contributed by atoms with Gasteiger partial charge in [0.25, 0.3) is 0 Å². The third kappa shape index (κ3) is 5.03. The number of nitrogens with zero attached hydrogens (tertiary/aromatic N) is 1. The normalized spacial score (nSPS) is 11.0. The quantitative estimate of drug-likeness (QED) is 0.696. The van der Waals surface area contributed by atoms with Crippen LogP contribution in [0.5, 0.6) is 0 Å². The topological polar surface area (TPSA) is 15.3 Å². The van der Waals surface area contributed by atoms with Gasteiger partial charge < -0.3 is 10.2 Å². The van der Waals surface area contributed by atoms with E-state index in [0.717, 1.165) is 26.1 Å². The minimum atomic E-state index is 1.08. The summed E-state index contributed by atoms with van der Waals surface area (Å²) < 4.78 is 0. The van der Waals surface area contributed by atoms with Crippen LogP contribution in [-0.4, -0.2) is 38.6 Å². The molecule has 1 aromatic rings. The van der Waals surface area contributed by atoms with Crippen LogP contribution in [0.1, 0.15) is 5.56 Å². The number of hydrogen-bond acceptors (Lipinski definition) is 3. The van der Waals surface area contributed by atoms with E-state index in [-0.39, 0.29) is 0 Å². The van der Waals surface area contributed by atoms with Crippen LogP contribution in [0, 0.1) is 0 Å². The molecule has 0 aromatic carbocycles. The Morgan fingerprint density at radius 1 is 1.38 bits per heavy atom. The van der Waals surface area contributed by atoms with Crippen molar-refractivity contribution in [3.63, 3.8) is 0 Å². The molecule has 0 amide bonds. The lowest BCUT2D eigenvalue weighted by molar-refractivity contribution is 0.401. The highest BCUT2D eigenvalue weighted by atomic mass is 32.1. The summed E-state index contributed by atoms with van der Waals surface area (Å²) >= 11 is 1.77. The molecule has 74 valence electrons. The van der Waals surface area contributed by atoms with Gasteiger partial charge in [0.15, 0.2) is 0 Å². The van der Waals surface area contributed by atoms with Gasteiger partial charge in [-0.25, -0.2) is 0 Å². The smallest absolute Gasteiger partial charge is 0.0101 e. The van der Waals surface area contributed by atoms with Gasteiger partial charge in [0, 0.05) is 13.1 Å². The summed E-state index contributed by atoms with van der Waals surface area (Å²) in [5.74, 6) is 0. The maximum absolute atomic E-state index is 3.42. The van der Waals surface area contributed by atoms with E-state index in [1.54, 1.807) is 11.3 Å². The van der Waals surface area contributed by atoms with Gasteiger partial charge in [-0.3, -0.25) is 0 Å². The lowest BCUT2D eigenvalue weighted by Gasteiger charge is -2.09. The predicted molar refractivity (Wildman–Crippen MR) is 59.4 cm³/mol. The molecule has 0 fully saturated rings. The number of thiophene rings is 1. The second-order valence-corrected chi connectivity index (χ2v) is 4.21. The summed E-state index contributed by atoms with van der Waals surface area (Å²) in [6, 6.07) is 2.19. The van der Waals surface area contributed by atoms with Gasteiger partial charge in [0.2, 0.25) is 0 Å². The van der Waals surface area contributed by atoms with Crippen LogP contribution in [0.15, 0.2) is 16.8 Å². The fraction of sp³-hybridized carbons (Fsp3) is 0.600. The third-order valence-electron chi connectivity index (χ3n) is 1.91. The van der Waals surface area contributed by atoms with Gasteiger partial charge in [0.1, 0.15) is 0 Å². The molecule has 0 aliphatic carbocycles. The number of likely N-dealkylation sites (N-methyl/N-ethyl adjacent to an activating group) is 1. The van der Waals surface area contributed by atoms with E-state index in [1.165, 1.54) is 5.56 Å². The van der Waals surface area contributed by atoms with Crippen molar-refractivity contribution in [2.75, 3.05) is 33.7 Å². The number of hydrogen-bond donors (Lipinski definition) is 1. The van der Waals surface area contributed by atoms with Gasteiger partial charge in [-0.05, 0) is 49.5 Å². The molecule has 13 heavy (non-hydrogen) atoms. The van der Waals surface area contributed by atoms with Gasteiger partial charge in [-0.15, -0.1) is 0 Å². The minimum absolute atomic E-state index is 1.08. The first-order valence-corrected chi connectivity index (χ1v) is 5.60. The average molecular weight is 198 g/mol. The van der Waals surface area contributed by atoms with Gasteiger partial charge in [-0.2, -0.15) is 11.3 Å². The molecule has 0 unspecified atom stereocenters. The van der Waals surface area contributed by atoms with Gasteiger partial charge in [-0.1, -0.05) is 0 Å². The van der Waals surface area contributed by atoms with Crippen LogP contribution < -0.4 is 5.32 Å². The van der Waals surface area contributed by atoms with Crippen molar-refractivity contribution < 1.29 is 0 Å². The molecule has 1 aromatic heterocycles. The molecule has 3 heteroatoms. The molecule has 0 spiro atoms. The van der Waals surface area contributed by atoms with Crippen molar-refractivity contribution in [2.24, 2.45) is 0 Å². The van der Waals surface area contributed by atoms with E-state index < -0.39 is 0 Å². The number of rotatable bonds is 6. The summed E-state index contributed by atoms with van der Waals surface area (Å²) in [6.45, 7) is 3.28. The third-order valence-corrected chi connectivity index (χ3v) is 2.64. The standard InChI is InChI=1S/C10H18N2S/c1-12(2)7-6-11-5-3-10-4-8-13-9-10/h4,8-9,11H,3,5-7H2,1-2H3. The van der Waals surface area contributed by atoms with Crippen molar-refractivity contribution in [3.8, 4) is 0 Å². The van der Waals surface area contributed by atoms with Crippen molar-refractivity contribution in [3.05, 3.63) is 22.4 Å². The van der Waals surface area contributed by atoms with E-state index in [9.17, 15) is 0 Å². The summed E-state index contributed by atoms with van der Waals surface area (Å²) in [6.07, 6.45) is 1.15. The van der Waals surface area contributed by atoms with Crippen LogP contribution in [0.2, 0.25) is 0 Å². The molecule has 0 saturated heterocycles. The Morgan fingerprint density at radius 2 is 2.23 bits per heavy atom. The zero-order valence-electron chi connectivity index (χ0n) is 8.42. The highest BCUT2D eigenvalue weighted by molar-refractivity contribution is 7.07. The van der Waals surface area contributed by atoms with Crippen molar-refractivity contribution >= 4 is 11.3 Å². The molecular formula is C10H18N2S. The Kier molecular flexibility index (Phi) is 5.05. The van der Waals surface area contributed by atoms with E-state index in [1.807, 2.05) is 0 Å². The maximum atomic E-state index is 3.42. The van der Waals surface area contributed by atoms with Crippen molar-refractivity contribution in [2.45, 2.75) is 6.42 Å². The van der Waals surface area contributed by atoms with E-state index in [4.69, 9.17) is 0 Å². The Balaban J connectivity index is 1.96. The van der Waals surface area contributed by atoms with Crippen LogP contribution in [-0.2, 0) is 6.42 Å². The zero-order chi connectivity index (χ0) is 9.52. The maximum Gasteiger partial charge on any atom is 0.0101 e. The first-order chi connectivity index (χ1) is 6.29. The summed E-state index contributed by atoms with van der Waals surface area (Å²) in [5.41, 5.74) is 1.45. The molecule has 0 aliphatic heterocycles. The highest BCUT2D eigenvalue weighted by Crippen LogP contribution is 2.05. The molecule has 1 rings (SSSR count). The molecular weight excluding hydrogens is 180 g/mol. The Labute approximate surface area is 84.6 Å². The largest absolute Gasteiger partial charge is 0.315 e. The predicted octanol–water partition coefficient (Wildman–Crippen LogP) is 1.44. The zero-order valence-corrected chi connectivity index (χ0v) is 9.23. The first-order valence-electron chi connectivity index (χ1n) is 4.65. The van der Waals surface area contributed by atoms with Crippen LogP contribution >= 0.6 is 11.3 Å². The Bertz CT molecular complexity index is 207. The Hall–Kier alpha value is -0.380. The highest BCUT2D eigenvalue weighted by Gasteiger charge is 1.93. The summed E-state index contributed by atoms with van der Waals surface area (Å²) in [4.78, 5) is 2.19. The second kappa shape index (κ2) is 6.13. The van der Waals surface area contributed by atoms with E-state index in [2.05, 4.69) is 41.1 Å². The van der Waals surface area contributed by atoms with E-state index >= 15 is 0 Å². The van der Waals surface area contributed by atoms with Crippen LogP contribution in [0.3, 0.4) is 0 Å². The van der Waals surface area contributed by atoms with Gasteiger partial charge in [0.05, 0.1) is 0 Å². The van der Waals surface area contributed by atoms with Gasteiger partial charge >= 0.3 is 0 Å². The first kappa shape index (κ1) is 10.7.